The van der Waals surface area contributed by atoms with Crippen molar-refractivity contribution in [3.8, 4) is 0 Å². The number of hydrogen-bond acceptors (Lipinski definition) is 4. The number of rotatable bonds is 6. The number of benzene rings is 1. The molecule has 138 valence electrons. The van der Waals surface area contributed by atoms with E-state index in [0.29, 0.717) is 12.3 Å². The van der Waals surface area contributed by atoms with Gasteiger partial charge in [0.2, 0.25) is 5.91 Å². The zero-order valence-corrected chi connectivity index (χ0v) is 14.9. The molecule has 3 rings (SSSR count). The Morgan fingerprint density at radius 2 is 2.04 bits per heavy atom. The Hall–Kier alpha value is -2.60. The molecule has 6 heteroatoms. The van der Waals surface area contributed by atoms with Gasteiger partial charge in [0.1, 0.15) is 6.04 Å². The quantitative estimate of drug-likeness (QED) is 0.737. The highest BCUT2D eigenvalue weighted by Gasteiger charge is 2.28. The zero-order valence-electron chi connectivity index (χ0n) is 14.9. The van der Waals surface area contributed by atoms with E-state index in [1.165, 1.54) is 6.26 Å². The van der Waals surface area contributed by atoms with Crippen molar-refractivity contribution in [2.75, 3.05) is 13.1 Å². The summed E-state index contributed by atoms with van der Waals surface area (Å²) < 4.78 is 5.14. The third kappa shape index (κ3) is 4.73. The number of carbonyl (C=O) groups excluding carboxylic acids is 2. The van der Waals surface area contributed by atoms with Gasteiger partial charge in [-0.05, 0) is 43.1 Å². The molecule has 2 aromatic rings. The average molecular weight is 355 g/mol. The summed E-state index contributed by atoms with van der Waals surface area (Å²) in [6.07, 6.45) is 2.76. The Morgan fingerprint density at radius 3 is 2.73 bits per heavy atom. The Labute approximate surface area is 153 Å². The van der Waals surface area contributed by atoms with Crippen LogP contribution in [0.1, 0.15) is 29.5 Å². The molecule has 0 saturated carbocycles. The topological polar surface area (TPSA) is 83.4 Å². The summed E-state index contributed by atoms with van der Waals surface area (Å²) in [6, 6.07) is 12.4. The van der Waals surface area contributed by atoms with Crippen LogP contribution in [0.4, 0.5) is 0 Å². The van der Waals surface area contributed by atoms with E-state index in [9.17, 15) is 9.59 Å². The van der Waals surface area contributed by atoms with Crippen molar-refractivity contribution >= 4 is 11.8 Å². The van der Waals surface area contributed by atoms with Gasteiger partial charge in [-0.15, -0.1) is 0 Å². The van der Waals surface area contributed by atoms with Gasteiger partial charge in [-0.3, -0.25) is 9.59 Å². The first kappa shape index (κ1) is 18.2. The van der Waals surface area contributed by atoms with Gasteiger partial charge in [0.15, 0.2) is 5.76 Å². The molecule has 1 fully saturated rings. The van der Waals surface area contributed by atoms with Crippen molar-refractivity contribution in [1.29, 1.82) is 0 Å². The highest BCUT2D eigenvalue weighted by molar-refractivity contribution is 5.95. The predicted molar refractivity (Wildman–Crippen MR) is 98.7 cm³/mol. The van der Waals surface area contributed by atoms with E-state index in [0.717, 1.165) is 25.1 Å². The minimum atomic E-state index is -0.655. The van der Waals surface area contributed by atoms with Crippen LogP contribution < -0.4 is 16.0 Å². The fourth-order valence-electron chi connectivity index (χ4n) is 3.21. The summed E-state index contributed by atoms with van der Waals surface area (Å²) in [5.41, 5.74) is 0.991. The van der Waals surface area contributed by atoms with Crippen LogP contribution in [0, 0.1) is 5.92 Å². The van der Waals surface area contributed by atoms with Crippen LogP contribution in [-0.4, -0.2) is 37.0 Å². The first-order valence-electron chi connectivity index (χ1n) is 9.03. The smallest absolute Gasteiger partial charge is 0.287 e. The van der Waals surface area contributed by atoms with Crippen molar-refractivity contribution < 1.29 is 14.0 Å². The zero-order chi connectivity index (χ0) is 18.4. The van der Waals surface area contributed by atoms with Gasteiger partial charge in [-0.2, -0.15) is 0 Å². The van der Waals surface area contributed by atoms with E-state index in [-0.39, 0.29) is 23.6 Å². The second kappa shape index (κ2) is 8.67. The largest absolute Gasteiger partial charge is 0.459 e. The van der Waals surface area contributed by atoms with Gasteiger partial charge in [-0.1, -0.05) is 37.3 Å². The van der Waals surface area contributed by atoms with E-state index in [4.69, 9.17) is 4.42 Å². The molecule has 2 amide bonds. The lowest BCUT2D eigenvalue weighted by Gasteiger charge is -2.31. The molecule has 0 bridgehead atoms. The van der Waals surface area contributed by atoms with E-state index in [2.05, 4.69) is 22.9 Å². The third-order valence-electron chi connectivity index (χ3n) is 4.76. The van der Waals surface area contributed by atoms with Gasteiger partial charge >= 0.3 is 0 Å². The van der Waals surface area contributed by atoms with Gasteiger partial charge in [0.05, 0.1) is 6.26 Å². The number of furan rings is 1. The van der Waals surface area contributed by atoms with E-state index in [1.807, 2.05) is 30.3 Å². The standard InChI is InChI=1S/C20H25N3O3/c1-14-13-21-10-9-16(14)22-19(24)17(12-15-6-3-2-4-7-15)23-20(25)18-8-5-11-26-18/h2-8,11,14,16-17,21H,9-10,12-13H2,1H3,(H,22,24)(H,23,25). The highest BCUT2D eigenvalue weighted by atomic mass is 16.3. The molecule has 26 heavy (non-hydrogen) atoms. The number of piperidine rings is 1. The molecule has 0 aliphatic carbocycles. The van der Waals surface area contributed by atoms with Gasteiger partial charge < -0.3 is 20.4 Å². The second-order valence-electron chi connectivity index (χ2n) is 6.78. The van der Waals surface area contributed by atoms with Crippen LogP contribution in [0.15, 0.2) is 53.1 Å². The van der Waals surface area contributed by atoms with Crippen molar-refractivity contribution in [3.05, 3.63) is 60.1 Å². The maximum Gasteiger partial charge on any atom is 0.287 e. The fraction of sp³-hybridized carbons (Fsp3) is 0.400. The van der Waals surface area contributed by atoms with Crippen LogP contribution in [0.5, 0.6) is 0 Å². The summed E-state index contributed by atoms with van der Waals surface area (Å²) in [6.45, 7) is 3.88. The van der Waals surface area contributed by atoms with Crippen LogP contribution >= 0.6 is 0 Å². The van der Waals surface area contributed by atoms with Crippen LogP contribution in [0.3, 0.4) is 0 Å². The maximum atomic E-state index is 12.9. The fourth-order valence-corrected chi connectivity index (χ4v) is 3.21. The second-order valence-corrected chi connectivity index (χ2v) is 6.78. The average Bonchev–Trinajstić information content (AvgIpc) is 3.19. The SMILES string of the molecule is CC1CNCCC1NC(=O)C(Cc1ccccc1)NC(=O)c1ccco1. The first-order valence-corrected chi connectivity index (χ1v) is 9.03. The Bertz CT molecular complexity index is 715. The molecule has 1 aliphatic heterocycles. The van der Waals surface area contributed by atoms with Gasteiger partial charge in [0, 0.05) is 12.5 Å². The van der Waals surface area contributed by atoms with Crippen molar-refractivity contribution in [3.63, 3.8) is 0 Å². The van der Waals surface area contributed by atoms with Crippen molar-refractivity contribution in [2.24, 2.45) is 5.92 Å². The van der Waals surface area contributed by atoms with E-state index >= 15 is 0 Å². The Kier molecular flexibility index (Phi) is 6.07. The maximum absolute atomic E-state index is 12.9. The van der Waals surface area contributed by atoms with Crippen LogP contribution in [0.25, 0.3) is 0 Å². The molecule has 3 N–H and O–H groups in total. The Morgan fingerprint density at radius 1 is 1.23 bits per heavy atom. The lowest BCUT2D eigenvalue weighted by Crippen LogP contribution is -2.55. The monoisotopic (exact) mass is 355 g/mol. The lowest BCUT2D eigenvalue weighted by atomic mass is 9.94. The normalized spacial score (nSPS) is 21.0. The molecule has 3 unspecified atom stereocenters. The third-order valence-corrected chi connectivity index (χ3v) is 4.76. The summed E-state index contributed by atoms with van der Waals surface area (Å²) in [5, 5.41) is 9.25. The molecule has 0 spiro atoms. The highest BCUT2D eigenvalue weighted by Crippen LogP contribution is 2.12. The first-order chi connectivity index (χ1) is 12.6. The summed E-state index contributed by atoms with van der Waals surface area (Å²) in [4.78, 5) is 25.3. The molecule has 1 saturated heterocycles. The molecule has 0 radical (unpaired) electrons. The number of nitrogens with one attached hydrogen (secondary N) is 3. The van der Waals surface area contributed by atoms with E-state index < -0.39 is 6.04 Å². The summed E-state index contributed by atoms with van der Waals surface area (Å²) >= 11 is 0. The Balaban J connectivity index is 1.70. The molecule has 3 atom stereocenters. The van der Waals surface area contributed by atoms with Crippen LogP contribution in [-0.2, 0) is 11.2 Å². The molecule has 6 nitrogen and oxygen atoms in total. The van der Waals surface area contributed by atoms with Crippen LogP contribution in [0.2, 0.25) is 0 Å². The van der Waals surface area contributed by atoms with Gasteiger partial charge in [-0.25, -0.2) is 0 Å². The van der Waals surface area contributed by atoms with E-state index in [1.54, 1.807) is 12.1 Å². The predicted octanol–water partition coefficient (Wildman–Crippen LogP) is 1.73. The lowest BCUT2D eigenvalue weighted by molar-refractivity contribution is -0.124. The van der Waals surface area contributed by atoms with Gasteiger partial charge in [0.25, 0.3) is 5.91 Å². The van der Waals surface area contributed by atoms with Crippen molar-refractivity contribution in [1.82, 2.24) is 16.0 Å². The molecule has 1 aliphatic rings. The molecular formula is C20H25N3O3. The number of hydrogen-bond donors (Lipinski definition) is 3. The minimum Gasteiger partial charge on any atom is -0.459 e. The summed E-state index contributed by atoms with van der Waals surface area (Å²) in [5.74, 6) is 0.00824. The molecular weight excluding hydrogens is 330 g/mol. The number of carbonyl (C=O) groups is 2. The minimum absolute atomic E-state index is 0.113. The molecule has 2 heterocycles. The molecule has 1 aromatic carbocycles. The number of amides is 2. The molecule has 1 aromatic heterocycles. The van der Waals surface area contributed by atoms with Crippen molar-refractivity contribution in [2.45, 2.75) is 31.8 Å². The summed E-state index contributed by atoms with van der Waals surface area (Å²) in [7, 11) is 0.